The van der Waals surface area contributed by atoms with Crippen LogP contribution in [0.1, 0.15) is 18.9 Å². The van der Waals surface area contributed by atoms with E-state index in [9.17, 15) is 18.0 Å². The summed E-state index contributed by atoms with van der Waals surface area (Å²) in [5.74, 6) is 0. The fourth-order valence-electron chi connectivity index (χ4n) is 2.18. The van der Waals surface area contributed by atoms with Crippen molar-refractivity contribution in [1.29, 1.82) is 0 Å². The number of aliphatic hydroxyl groups is 1. The van der Waals surface area contributed by atoms with Crippen LogP contribution in [-0.2, 0) is 11.2 Å². The first-order valence-electron chi connectivity index (χ1n) is 7.03. The highest BCUT2D eigenvalue weighted by molar-refractivity contribution is 5.90. The number of hydrogen-bond donors (Lipinski definition) is 3. The van der Waals surface area contributed by atoms with Gasteiger partial charge in [0.15, 0.2) is 0 Å². The molecule has 0 aromatic heterocycles. The number of hydrogen-bond acceptors (Lipinski definition) is 3. The molecule has 0 aliphatic carbocycles. The number of carbonyl (C=O) groups excluding carboxylic acids is 1. The summed E-state index contributed by atoms with van der Waals surface area (Å²) in [4.78, 5) is 12.1. The molecule has 3 N–H and O–H groups in total. The van der Waals surface area contributed by atoms with Crippen LogP contribution in [-0.4, -0.2) is 43.2 Å². The first-order chi connectivity index (χ1) is 10.7. The molecule has 23 heavy (non-hydrogen) atoms. The van der Waals surface area contributed by atoms with E-state index in [1.807, 2.05) is 0 Å². The highest BCUT2D eigenvalue weighted by atomic mass is 19.4. The van der Waals surface area contributed by atoms with Gasteiger partial charge >= 0.3 is 12.2 Å². The standard InChI is InChI=1S/C15H21F3N2O3/c1-14(7-8-21,10-23-2)20-13(22)19-12-6-4-3-5-11(12)9-15(16,17)18/h3-6,21H,7-10H2,1-2H3,(H2,19,20,22). The Bertz CT molecular complexity index is 515. The van der Waals surface area contributed by atoms with Crippen LogP contribution in [0, 0.1) is 0 Å². The lowest BCUT2D eigenvalue weighted by atomic mass is 10.00. The van der Waals surface area contributed by atoms with E-state index in [-0.39, 0.29) is 30.9 Å². The minimum atomic E-state index is -4.37. The molecule has 0 fully saturated rings. The summed E-state index contributed by atoms with van der Waals surface area (Å²) < 4.78 is 42.7. The zero-order valence-electron chi connectivity index (χ0n) is 13.0. The first-order valence-corrected chi connectivity index (χ1v) is 7.03. The number of anilines is 1. The Morgan fingerprint density at radius 3 is 2.52 bits per heavy atom. The van der Waals surface area contributed by atoms with E-state index in [1.54, 1.807) is 6.92 Å². The predicted molar refractivity (Wildman–Crippen MR) is 80.3 cm³/mol. The van der Waals surface area contributed by atoms with Crippen molar-refractivity contribution in [2.45, 2.75) is 31.5 Å². The molecule has 8 heteroatoms. The lowest BCUT2D eigenvalue weighted by molar-refractivity contribution is -0.127. The topological polar surface area (TPSA) is 70.6 Å². The van der Waals surface area contributed by atoms with Crippen molar-refractivity contribution in [3.63, 3.8) is 0 Å². The Labute approximate surface area is 132 Å². The van der Waals surface area contributed by atoms with Gasteiger partial charge in [-0.15, -0.1) is 0 Å². The quantitative estimate of drug-likeness (QED) is 0.718. The van der Waals surface area contributed by atoms with Crippen LogP contribution < -0.4 is 10.6 Å². The molecule has 0 aliphatic heterocycles. The number of aliphatic hydroxyl groups excluding tert-OH is 1. The lowest BCUT2D eigenvalue weighted by Gasteiger charge is -2.29. The minimum Gasteiger partial charge on any atom is -0.396 e. The van der Waals surface area contributed by atoms with Gasteiger partial charge in [-0.2, -0.15) is 13.2 Å². The van der Waals surface area contributed by atoms with E-state index in [0.717, 1.165) is 0 Å². The number of carbonyl (C=O) groups is 1. The summed E-state index contributed by atoms with van der Waals surface area (Å²) in [6.07, 6.45) is -5.25. The summed E-state index contributed by atoms with van der Waals surface area (Å²) >= 11 is 0. The average molecular weight is 334 g/mol. The molecular formula is C15H21F3N2O3. The maximum absolute atomic E-state index is 12.6. The Balaban J connectivity index is 2.81. The second-order valence-electron chi connectivity index (χ2n) is 5.50. The molecular weight excluding hydrogens is 313 g/mol. The number of benzene rings is 1. The summed E-state index contributed by atoms with van der Waals surface area (Å²) in [5, 5.41) is 14.1. The van der Waals surface area contributed by atoms with Crippen LogP contribution in [0.5, 0.6) is 0 Å². The average Bonchev–Trinajstić information content (AvgIpc) is 2.39. The largest absolute Gasteiger partial charge is 0.396 e. The third-order valence-electron chi connectivity index (χ3n) is 3.20. The number of ether oxygens (including phenoxy) is 1. The van der Waals surface area contributed by atoms with Gasteiger partial charge in [0.1, 0.15) is 0 Å². The highest BCUT2D eigenvalue weighted by Gasteiger charge is 2.30. The molecule has 1 aromatic carbocycles. The van der Waals surface area contributed by atoms with Gasteiger partial charge in [0.05, 0.1) is 18.6 Å². The van der Waals surface area contributed by atoms with Crippen molar-refractivity contribution in [1.82, 2.24) is 5.32 Å². The molecule has 0 heterocycles. The Kier molecular flexibility index (Phi) is 6.83. The second kappa shape index (κ2) is 8.16. The molecule has 1 atom stereocenters. The molecule has 0 aliphatic rings. The van der Waals surface area contributed by atoms with Crippen LogP contribution in [0.25, 0.3) is 0 Å². The summed E-state index contributed by atoms with van der Waals surface area (Å²) in [5.41, 5.74) is -0.760. The van der Waals surface area contributed by atoms with Crippen LogP contribution in [0.3, 0.4) is 0 Å². The van der Waals surface area contributed by atoms with Crippen LogP contribution in [0.2, 0.25) is 0 Å². The molecule has 0 spiro atoms. The summed E-state index contributed by atoms with van der Waals surface area (Å²) in [6.45, 7) is 1.67. The molecule has 0 radical (unpaired) electrons. The molecule has 1 unspecified atom stereocenters. The van der Waals surface area contributed by atoms with E-state index in [4.69, 9.17) is 9.84 Å². The molecule has 1 rings (SSSR count). The Morgan fingerprint density at radius 2 is 1.96 bits per heavy atom. The zero-order chi connectivity index (χ0) is 17.5. The van der Waals surface area contributed by atoms with Crippen LogP contribution >= 0.6 is 0 Å². The van der Waals surface area contributed by atoms with Gasteiger partial charge in [0, 0.05) is 19.4 Å². The zero-order valence-corrected chi connectivity index (χ0v) is 13.0. The monoisotopic (exact) mass is 334 g/mol. The maximum Gasteiger partial charge on any atom is 0.393 e. The minimum absolute atomic E-state index is 0.0225. The Hall–Kier alpha value is -1.80. The van der Waals surface area contributed by atoms with Gasteiger partial charge in [-0.1, -0.05) is 18.2 Å². The molecule has 1 aromatic rings. The fourth-order valence-corrected chi connectivity index (χ4v) is 2.18. The van der Waals surface area contributed by atoms with Crippen molar-refractivity contribution < 1.29 is 27.8 Å². The predicted octanol–water partition coefficient (Wildman–Crippen LogP) is 2.70. The number of urea groups is 1. The van der Waals surface area contributed by atoms with Gasteiger partial charge in [-0.05, 0) is 25.0 Å². The van der Waals surface area contributed by atoms with E-state index in [1.165, 1.54) is 31.4 Å². The number of halogens is 3. The van der Waals surface area contributed by atoms with E-state index in [2.05, 4.69) is 10.6 Å². The molecule has 5 nitrogen and oxygen atoms in total. The molecule has 2 amide bonds. The van der Waals surface area contributed by atoms with Crippen LogP contribution in [0.15, 0.2) is 24.3 Å². The smallest absolute Gasteiger partial charge is 0.393 e. The number of amides is 2. The second-order valence-corrected chi connectivity index (χ2v) is 5.50. The number of methoxy groups -OCH3 is 1. The molecule has 130 valence electrons. The summed E-state index contributed by atoms with van der Waals surface area (Å²) in [7, 11) is 1.45. The number of para-hydroxylation sites is 1. The lowest BCUT2D eigenvalue weighted by Crippen LogP contribution is -2.51. The highest BCUT2D eigenvalue weighted by Crippen LogP contribution is 2.26. The van der Waals surface area contributed by atoms with Crippen molar-refractivity contribution in [3.8, 4) is 0 Å². The number of alkyl halides is 3. The number of rotatable bonds is 7. The van der Waals surface area contributed by atoms with Crippen LogP contribution in [0.4, 0.5) is 23.7 Å². The van der Waals surface area contributed by atoms with E-state index in [0.29, 0.717) is 0 Å². The van der Waals surface area contributed by atoms with Gasteiger partial charge in [-0.25, -0.2) is 4.79 Å². The normalized spacial score (nSPS) is 14.2. The van der Waals surface area contributed by atoms with Crippen molar-refractivity contribution in [3.05, 3.63) is 29.8 Å². The van der Waals surface area contributed by atoms with Gasteiger partial charge in [0.2, 0.25) is 0 Å². The maximum atomic E-state index is 12.6. The van der Waals surface area contributed by atoms with Gasteiger partial charge in [-0.3, -0.25) is 0 Å². The summed E-state index contributed by atoms with van der Waals surface area (Å²) in [6, 6.07) is 5.07. The van der Waals surface area contributed by atoms with E-state index >= 15 is 0 Å². The van der Waals surface area contributed by atoms with Crippen molar-refractivity contribution in [2.24, 2.45) is 0 Å². The molecule has 0 saturated heterocycles. The third-order valence-corrected chi connectivity index (χ3v) is 3.20. The SMILES string of the molecule is COCC(C)(CCO)NC(=O)Nc1ccccc1CC(F)(F)F. The Morgan fingerprint density at radius 1 is 1.30 bits per heavy atom. The van der Waals surface area contributed by atoms with Gasteiger partial charge in [0.25, 0.3) is 0 Å². The number of nitrogens with one attached hydrogen (secondary N) is 2. The first kappa shape index (κ1) is 19.2. The van der Waals surface area contributed by atoms with Crippen molar-refractivity contribution >= 4 is 11.7 Å². The third kappa shape index (κ3) is 6.87. The van der Waals surface area contributed by atoms with Gasteiger partial charge < -0.3 is 20.5 Å². The molecule has 0 saturated carbocycles. The molecule has 0 bridgehead atoms. The fraction of sp³-hybridized carbons (Fsp3) is 0.533. The van der Waals surface area contributed by atoms with Crippen molar-refractivity contribution in [2.75, 3.05) is 25.6 Å². The van der Waals surface area contributed by atoms with E-state index < -0.39 is 24.2 Å².